The van der Waals surface area contributed by atoms with Gasteiger partial charge in [-0.2, -0.15) is 9.15 Å². The van der Waals surface area contributed by atoms with Gasteiger partial charge in [-0.1, -0.05) is 160 Å². The second-order valence-corrected chi connectivity index (χ2v) is 36.5. The van der Waals surface area contributed by atoms with Crippen molar-refractivity contribution in [3.63, 3.8) is 0 Å². The number of carbonyl (C=O) groups is 3. The molecule has 16 nitrogen and oxygen atoms in total. The number of nitrogens with zero attached hydrogens (tertiary/aromatic N) is 8. The summed E-state index contributed by atoms with van der Waals surface area (Å²) in [5.74, 6) is -2.09. The maximum absolute atomic E-state index is 13.6. The third-order valence-corrected chi connectivity index (χ3v) is 29.5. The van der Waals surface area contributed by atoms with Gasteiger partial charge in [-0.25, -0.2) is 0 Å². The molecule has 18 rings (SSSR count). The molecule has 20 heteroatoms. The van der Waals surface area contributed by atoms with E-state index in [9.17, 15) is 39.9 Å². The largest absolute Gasteiger partial charge is 0.506 e. The van der Waals surface area contributed by atoms with Crippen LogP contribution in [0.5, 0.6) is 0 Å². The first-order valence-corrected chi connectivity index (χ1v) is 39.9. The smallest absolute Gasteiger partial charge is 0.209 e. The van der Waals surface area contributed by atoms with Gasteiger partial charge in [-0.15, -0.1) is 0 Å². The summed E-state index contributed by atoms with van der Waals surface area (Å²) in [6.07, 6.45) is 13.1. The molecule has 0 radical (unpaired) electrons. The molecular formula is C88H88N8O8S4+2. The quantitative estimate of drug-likeness (QED) is 0.0717. The monoisotopic (exact) mass is 1510 g/mol. The number of allylic oxidation sites excluding steroid dienone is 10. The van der Waals surface area contributed by atoms with Crippen molar-refractivity contribution < 1.29 is 49.1 Å². The Balaban J connectivity index is 0.000000158. The number of thioether (sulfide) groups is 4. The highest BCUT2D eigenvalue weighted by molar-refractivity contribution is 8.05. The zero-order valence-corrected chi connectivity index (χ0v) is 66.6. The van der Waals surface area contributed by atoms with Crippen molar-refractivity contribution >= 4 is 121 Å². The van der Waals surface area contributed by atoms with Crippen molar-refractivity contribution in [1.82, 2.24) is 0 Å². The molecule has 12 aliphatic rings. The molecule has 8 aliphatic heterocycles. The van der Waals surface area contributed by atoms with E-state index in [-0.39, 0.29) is 62.4 Å². The number of aliphatic hydroxyl groups is 5. The standard InChI is InChI=1S/C44H48N4O4S2.C44H38N4O4S2/c2*1-43(2)27-13-9-11-15-29(27)45(5)35(43)17-23-39(49)25(40(23)50)19-37-47(7)31-21-32-34(22-33(31)53-37)54-38(48(32)8)20-26-41(51)24(42(26)52)18-36-44(3,4)28-14-10-12-16-30(28)46(36)6/h9-26,39-41,49-51H,1-8H3;9-22H,1-8H3/p+2. The second kappa shape index (κ2) is 25.1. The fraction of sp³-hybridized carbons (Fsp3) is 0.307. The molecule has 0 aromatic heterocycles. The van der Waals surface area contributed by atoms with Gasteiger partial charge in [0.1, 0.15) is 25.6 Å². The highest BCUT2D eigenvalue weighted by atomic mass is 32.2. The number of para-hydroxylation sites is 4. The topological polar surface area (TPSA) is 178 Å². The number of likely N-dealkylation sites (N-methyl/N-ethyl adjacent to an activating group) is 2. The number of aliphatic hydroxyl groups excluding tert-OH is 5. The van der Waals surface area contributed by atoms with E-state index in [0.29, 0.717) is 22.3 Å². The number of rotatable bonds is 8. The van der Waals surface area contributed by atoms with Crippen LogP contribution in [0.25, 0.3) is 0 Å². The van der Waals surface area contributed by atoms with Crippen molar-refractivity contribution in [3.05, 3.63) is 258 Å². The van der Waals surface area contributed by atoms with E-state index in [1.807, 2.05) is 132 Å². The molecule has 108 heavy (non-hydrogen) atoms. The Labute approximate surface area is 647 Å². The van der Waals surface area contributed by atoms with Gasteiger partial charge in [0.25, 0.3) is 0 Å². The summed E-state index contributed by atoms with van der Waals surface area (Å²) in [5.41, 5.74) is 17.7. The molecule has 8 heterocycles. The van der Waals surface area contributed by atoms with E-state index in [2.05, 4.69) is 176 Å². The summed E-state index contributed by atoms with van der Waals surface area (Å²) < 4.78 is 4.19. The first kappa shape index (κ1) is 71.7. The van der Waals surface area contributed by atoms with Crippen molar-refractivity contribution in [2.45, 2.75) is 115 Å². The predicted octanol–water partition coefficient (Wildman–Crippen LogP) is 15.7. The predicted molar refractivity (Wildman–Crippen MR) is 437 cm³/mol. The second-order valence-electron chi connectivity index (χ2n) is 32.3. The number of anilines is 6. The molecule has 6 aromatic carbocycles. The van der Waals surface area contributed by atoms with Crippen LogP contribution in [0.15, 0.2) is 255 Å². The molecule has 5 N–H and O–H groups in total. The van der Waals surface area contributed by atoms with Crippen molar-refractivity contribution in [1.29, 1.82) is 0 Å². The molecule has 0 spiro atoms. The first-order valence-electron chi connectivity index (χ1n) is 36.6. The van der Waals surface area contributed by atoms with Crippen LogP contribution in [-0.4, -0.2) is 138 Å². The van der Waals surface area contributed by atoms with Crippen LogP contribution < -0.4 is 29.4 Å². The number of fused-ring (bicyclic) bond motifs is 8. The number of carbonyl (C=O) groups excluding carboxylic acids is 3. The summed E-state index contributed by atoms with van der Waals surface area (Å²) in [7, 11) is 16.0. The lowest BCUT2D eigenvalue weighted by Gasteiger charge is -2.45. The molecule has 2 saturated carbocycles. The summed E-state index contributed by atoms with van der Waals surface area (Å²) in [6, 6.07) is 41.7. The summed E-state index contributed by atoms with van der Waals surface area (Å²) in [4.78, 5) is 57.4. The Bertz CT molecular complexity index is 5340. The average Bonchev–Trinajstić information content (AvgIpc) is 1.68. The van der Waals surface area contributed by atoms with Gasteiger partial charge in [0.2, 0.25) is 22.9 Å². The molecule has 0 amide bonds. The third-order valence-electron chi connectivity index (χ3n) is 24.9. The molecule has 6 aromatic rings. The molecule has 5 unspecified atom stereocenters. The third kappa shape index (κ3) is 10.5. The van der Waals surface area contributed by atoms with Gasteiger partial charge in [-0.05, 0) is 99.5 Å². The van der Waals surface area contributed by atoms with E-state index >= 15 is 0 Å². The SMILES string of the molecule is CN1C(=CC2=C(O)C(=CC3=[N+](C)c4ccccc4C3(C)C)C2=O)Sc2cc3c(cc21)N(C)C(=CC1=C(O)C(=CC2=[N+](C)c4ccccc4C2(C)C)C1=O)S3.CN1C(=CC2C(=O)C(C=C3N(C)c4ccccc4C3(C)C)C2O)Sc2cc3c(cc21)N(C)C(=CC1C(O)C(C=C2N(C)c4ccccc4C2(C)C)C1O)S3. The van der Waals surface area contributed by atoms with Crippen molar-refractivity contribution in [2.75, 3.05) is 85.8 Å². The van der Waals surface area contributed by atoms with Crippen LogP contribution in [0.3, 0.4) is 0 Å². The van der Waals surface area contributed by atoms with E-state index in [4.69, 9.17) is 0 Å². The molecule has 550 valence electrons. The Morgan fingerprint density at radius 3 is 1.11 bits per heavy atom. The lowest BCUT2D eigenvalue weighted by Crippen LogP contribution is -2.54. The van der Waals surface area contributed by atoms with E-state index in [1.54, 1.807) is 59.2 Å². The fourth-order valence-electron chi connectivity index (χ4n) is 18.1. The molecule has 5 atom stereocenters. The fourth-order valence-corrected chi connectivity index (χ4v) is 22.8. The highest BCUT2D eigenvalue weighted by Gasteiger charge is 2.53. The maximum atomic E-state index is 13.6. The zero-order valence-electron chi connectivity index (χ0n) is 63.4. The van der Waals surface area contributed by atoms with E-state index in [1.165, 1.54) is 22.3 Å². The van der Waals surface area contributed by atoms with Crippen molar-refractivity contribution in [3.8, 4) is 0 Å². The molecule has 0 saturated heterocycles. The van der Waals surface area contributed by atoms with Gasteiger partial charge in [-0.3, -0.25) is 14.4 Å². The van der Waals surface area contributed by atoms with Gasteiger partial charge < -0.3 is 54.9 Å². The van der Waals surface area contributed by atoms with Crippen LogP contribution >= 0.6 is 47.0 Å². The van der Waals surface area contributed by atoms with Gasteiger partial charge in [0.15, 0.2) is 17.2 Å². The van der Waals surface area contributed by atoms with Gasteiger partial charge in [0.05, 0.1) is 106 Å². The Morgan fingerprint density at radius 1 is 0.380 bits per heavy atom. The van der Waals surface area contributed by atoms with Crippen LogP contribution in [0.4, 0.5) is 45.5 Å². The number of hydrogen-bond donors (Lipinski definition) is 5. The minimum absolute atomic E-state index is 0.0152. The minimum Gasteiger partial charge on any atom is -0.506 e. The molecule has 4 aliphatic carbocycles. The molecule has 2 fully saturated rings. The number of ketones is 3. The summed E-state index contributed by atoms with van der Waals surface area (Å²) in [5, 5.41) is 60.0. The lowest BCUT2D eigenvalue weighted by molar-refractivity contribution is -0.401. The molecule has 0 bridgehead atoms. The number of hydrogen-bond acceptors (Lipinski definition) is 18. The van der Waals surface area contributed by atoms with Crippen LogP contribution in [0, 0.1) is 23.7 Å². The van der Waals surface area contributed by atoms with Crippen LogP contribution in [0.2, 0.25) is 0 Å². The summed E-state index contributed by atoms with van der Waals surface area (Å²) >= 11 is 6.37. The first-order chi connectivity index (χ1) is 51.2. The van der Waals surface area contributed by atoms with Crippen molar-refractivity contribution in [2.24, 2.45) is 23.7 Å². The number of Topliss-reactive ketones (excluding diaryl/α,β-unsaturated/α-hetero) is 3. The maximum Gasteiger partial charge on any atom is 0.209 e. The highest BCUT2D eigenvalue weighted by Crippen LogP contribution is 2.59. The Morgan fingerprint density at radius 2 is 0.722 bits per heavy atom. The van der Waals surface area contributed by atoms with E-state index < -0.39 is 30.1 Å². The summed E-state index contributed by atoms with van der Waals surface area (Å²) in [6.45, 7) is 17.3. The van der Waals surface area contributed by atoms with Gasteiger partial charge in [0, 0.05) is 143 Å². The van der Waals surface area contributed by atoms with Gasteiger partial charge >= 0.3 is 0 Å². The molecular weight excluding hydrogens is 1430 g/mol. The Hall–Kier alpha value is -9.25. The van der Waals surface area contributed by atoms with Crippen LogP contribution in [-0.2, 0) is 36.0 Å². The normalized spacial score (nSPS) is 28.4. The number of benzene rings is 6. The Kier molecular flexibility index (Phi) is 16.7. The zero-order chi connectivity index (χ0) is 76.3. The van der Waals surface area contributed by atoms with E-state index in [0.717, 1.165) is 108 Å². The average molecular weight is 1510 g/mol. The lowest BCUT2D eigenvalue weighted by atomic mass is 9.67. The van der Waals surface area contributed by atoms with Crippen LogP contribution in [0.1, 0.15) is 77.6 Å². The minimum atomic E-state index is -0.780.